The van der Waals surface area contributed by atoms with E-state index in [0.717, 1.165) is 37.4 Å². The lowest BCUT2D eigenvalue weighted by Gasteiger charge is -2.32. The summed E-state index contributed by atoms with van der Waals surface area (Å²) in [7, 11) is 0. The van der Waals surface area contributed by atoms with Gasteiger partial charge in [-0.25, -0.2) is 0 Å². The number of aromatic nitrogens is 2. The molecule has 23 heavy (non-hydrogen) atoms. The molecule has 1 aliphatic heterocycles. The van der Waals surface area contributed by atoms with Gasteiger partial charge < -0.3 is 10.1 Å². The number of aromatic amines is 1. The second-order valence-corrected chi connectivity index (χ2v) is 7.51. The van der Waals surface area contributed by atoms with Crippen LogP contribution in [0.2, 0.25) is 5.02 Å². The van der Waals surface area contributed by atoms with Gasteiger partial charge in [-0.3, -0.25) is 14.8 Å². The Kier molecular flexibility index (Phi) is 6.06. The van der Waals surface area contributed by atoms with Crippen molar-refractivity contribution in [3.8, 4) is 0 Å². The van der Waals surface area contributed by atoms with Crippen molar-refractivity contribution in [3.05, 3.63) is 16.4 Å². The van der Waals surface area contributed by atoms with Gasteiger partial charge >= 0.3 is 0 Å². The number of amides is 1. The third kappa shape index (κ3) is 5.19. The summed E-state index contributed by atoms with van der Waals surface area (Å²) in [5.74, 6) is 0.0731. The highest BCUT2D eigenvalue weighted by Gasteiger charge is 2.24. The van der Waals surface area contributed by atoms with Crippen molar-refractivity contribution in [1.82, 2.24) is 20.4 Å². The molecule has 0 aromatic carbocycles. The summed E-state index contributed by atoms with van der Waals surface area (Å²) in [4.78, 5) is 14.2. The third-order valence-corrected chi connectivity index (χ3v) is 4.47. The van der Waals surface area contributed by atoms with Gasteiger partial charge in [0.15, 0.2) is 0 Å². The van der Waals surface area contributed by atoms with Gasteiger partial charge in [0.25, 0.3) is 0 Å². The van der Waals surface area contributed by atoms with E-state index in [4.69, 9.17) is 16.3 Å². The average molecular weight is 343 g/mol. The molecule has 0 bridgehead atoms. The maximum atomic E-state index is 11.9. The van der Waals surface area contributed by atoms with Crippen molar-refractivity contribution in [2.24, 2.45) is 5.41 Å². The first kappa shape index (κ1) is 18.2. The maximum Gasteiger partial charge on any atom is 0.225 e. The maximum absolute atomic E-state index is 11.9. The third-order valence-electron chi connectivity index (χ3n) is 3.97. The standard InChI is InChI=1S/C16H27ClN4O2/c1-11-14(17)13(20-19-11)10-21-7-8-23-12(9-21)5-6-18-15(22)16(2,3)4/h12H,5-10H2,1-4H3,(H,18,22)(H,19,20). The first-order valence-corrected chi connectivity index (χ1v) is 8.46. The minimum Gasteiger partial charge on any atom is -0.375 e. The Labute approximate surface area is 142 Å². The monoisotopic (exact) mass is 342 g/mol. The lowest BCUT2D eigenvalue weighted by Crippen LogP contribution is -2.44. The van der Waals surface area contributed by atoms with Crippen molar-refractivity contribution in [1.29, 1.82) is 0 Å². The zero-order valence-electron chi connectivity index (χ0n) is 14.4. The lowest BCUT2D eigenvalue weighted by molar-refractivity contribution is -0.128. The zero-order chi connectivity index (χ0) is 17.0. The Hall–Kier alpha value is -1.11. The van der Waals surface area contributed by atoms with Gasteiger partial charge in [-0.1, -0.05) is 32.4 Å². The van der Waals surface area contributed by atoms with Crippen molar-refractivity contribution in [2.75, 3.05) is 26.2 Å². The number of H-pyrrole nitrogens is 1. The van der Waals surface area contributed by atoms with Crippen molar-refractivity contribution in [2.45, 2.75) is 46.8 Å². The molecule has 1 saturated heterocycles. The molecule has 1 atom stereocenters. The molecule has 1 aromatic rings. The summed E-state index contributed by atoms with van der Waals surface area (Å²) in [6.45, 7) is 11.4. The number of ether oxygens (including phenoxy) is 1. The minimum absolute atomic E-state index is 0.0731. The smallest absolute Gasteiger partial charge is 0.225 e. The highest BCUT2D eigenvalue weighted by atomic mass is 35.5. The van der Waals surface area contributed by atoms with E-state index in [0.29, 0.717) is 18.2 Å². The van der Waals surface area contributed by atoms with Crippen molar-refractivity contribution in [3.63, 3.8) is 0 Å². The fraction of sp³-hybridized carbons (Fsp3) is 0.750. The lowest BCUT2D eigenvalue weighted by atomic mass is 9.95. The van der Waals surface area contributed by atoms with E-state index in [-0.39, 0.29) is 17.4 Å². The van der Waals surface area contributed by atoms with Crippen molar-refractivity contribution < 1.29 is 9.53 Å². The van der Waals surface area contributed by atoms with Gasteiger partial charge in [-0.05, 0) is 13.3 Å². The molecule has 0 radical (unpaired) electrons. The molecule has 6 nitrogen and oxygen atoms in total. The highest BCUT2D eigenvalue weighted by molar-refractivity contribution is 6.31. The number of rotatable bonds is 5. The summed E-state index contributed by atoms with van der Waals surface area (Å²) >= 11 is 6.23. The average Bonchev–Trinajstić information content (AvgIpc) is 2.79. The predicted octanol–water partition coefficient (Wildman–Crippen LogP) is 2.12. The zero-order valence-corrected chi connectivity index (χ0v) is 15.2. The number of carbonyl (C=O) groups excluding carboxylic acids is 1. The number of aryl methyl sites for hydroxylation is 1. The summed E-state index contributed by atoms with van der Waals surface area (Å²) in [6, 6.07) is 0. The Bertz CT molecular complexity index is 539. The summed E-state index contributed by atoms with van der Waals surface area (Å²) in [6.07, 6.45) is 0.939. The van der Waals surface area contributed by atoms with E-state index < -0.39 is 0 Å². The molecule has 0 saturated carbocycles. The number of nitrogens with zero attached hydrogens (tertiary/aromatic N) is 2. The molecule has 1 aliphatic rings. The van der Waals surface area contributed by atoms with Crippen LogP contribution in [0.3, 0.4) is 0 Å². The number of hydrogen-bond acceptors (Lipinski definition) is 4. The number of morpholine rings is 1. The van der Waals surface area contributed by atoms with Crippen LogP contribution in [0.1, 0.15) is 38.6 Å². The Morgan fingerprint density at radius 2 is 2.26 bits per heavy atom. The van der Waals surface area contributed by atoms with Crippen LogP contribution < -0.4 is 5.32 Å². The van der Waals surface area contributed by atoms with Crippen LogP contribution >= 0.6 is 11.6 Å². The van der Waals surface area contributed by atoms with Crippen molar-refractivity contribution >= 4 is 17.5 Å². The van der Waals surface area contributed by atoms with Crippen LogP contribution in [0.5, 0.6) is 0 Å². The van der Waals surface area contributed by atoms with E-state index in [1.165, 1.54) is 0 Å². The van der Waals surface area contributed by atoms with E-state index in [9.17, 15) is 4.79 Å². The fourth-order valence-corrected chi connectivity index (χ4v) is 2.64. The van der Waals surface area contributed by atoms with E-state index in [1.54, 1.807) is 0 Å². The topological polar surface area (TPSA) is 70.2 Å². The Balaban J connectivity index is 1.77. The van der Waals surface area contributed by atoms with Gasteiger partial charge in [0, 0.05) is 31.6 Å². The van der Waals surface area contributed by atoms with E-state index >= 15 is 0 Å². The van der Waals surface area contributed by atoms with Gasteiger partial charge in [0.05, 0.1) is 29.1 Å². The summed E-state index contributed by atoms with van der Waals surface area (Å²) in [5.41, 5.74) is 1.43. The molecule has 1 fully saturated rings. The number of halogens is 1. The molecule has 1 amide bonds. The SMILES string of the molecule is Cc1[nH]nc(CN2CCOC(CCNC(=O)C(C)(C)C)C2)c1Cl. The first-order chi connectivity index (χ1) is 10.8. The predicted molar refractivity (Wildman–Crippen MR) is 90.4 cm³/mol. The molecule has 1 aromatic heterocycles. The second-order valence-electron chi connectivity index (χ2n) is 7.13. The van der Waals surface area contributed by atoms with Crippen LogP contribution in [0.4, 0.5) is 0 Å². The number of carbonyl (C=O) groups is 1. The molecular weight excluding hydrogens is 316 g/mol. The Morgan fingerprint density at radius 1 is 1.52 bits per heavy atom. The molecule has 0 spiro atoms. The fourth-order valence-electron chi connectivity index (χ4n) is 2.49. The molecule has 130 valence electrons. The van der Waals surface area contributed by atoms with E-state index in [1.807, 2.05) is 27.7 Å². The van der Waals surface area contributed by atoms with Gasteiger partial charge in [-0.15, -0.1) is 0 Å². The molecule has 0 aliphatic carbocycles. The normalized spacial score (nSPS) is 19.8. The molecule has 1 unspecified atom stereocenters. The summed E-state index contributed by atoms with van der Waals surface area (Å²) in [5, 5.41) is 10.8. The largest absolute Gasteiger partial charge is 0.375 e. The molecule has 7 heteroatoms. The molecular formula is C16H27ClN4O2. The van der Waals surface area contributed by atoms with Gasteiger partial charge in [-0.2, -0.15) is 5.10 Å². The number of hydrogen-bond donors (Lipinski definition) is 2. The van der Waals surface area contributed by atoms with E-state index in [2.05, 4.69) is 20.4 Å². The van der Waals surface area contributed by atoms with Crippen LogP contribution in [0, 0.1) is 12.3 Å². The van der Waals surface area contributed by atoms with Crippen LogP contribution in [0.25, 0.3) is 0 Å². The quantitative estimate of drug-likeness (QED) is 0.860. The van der Waals surface area contributed by atoms with Gasteiger partial charge in [0.2, 0.25) is 5.91 Å². The second kappa shape index (κ2) is 7.64. The summed E-state index contributed by atoms with van der Waals surface area (Å²) < 4.78 is 5.79. The molecule has 2 heterocycles. The van der Waals surface area contributed by atoms with Gasteiger partial charge in [0.1, 0.15) is 0 Å². The molecule has 2 rings (SSSR count). The first-order valence-electron chi connectivity index (χ1n) is 8.09. The van der Waals surface area contributed by atoms with Crippen LogP contribution in [-0.4, -0.2) is 53.3 Å². The number of nitrogens with one attached hydrogen (secondary N) is 2. The highest BCUT2D eigenvalue weighted by Crippen LogP contribution is 2.20. The Morgan fingerprint density at radius 3 is 2.87 bits per heavy atom. The van der Waals surface area contributed by atoms with Crippen LogP contribution in [-0.2, 0) is 16.1 Å². The minimum atomic E-state index is -0.353. The van der Waals surface area contributed by atoms with Crippen LogP contribution in [0.15, 0.2) is 0 Å². The molecule has 2 N–H and O–H groups in total.